The van der Waals surface area contributed by atoms with Gasteiger partial charge in [-0.1, -0.05) is 28.1 Å². The van der Waals surface area contributed by atoms with Crippen molar-refractivity contribution >= 4 is 27.3 Å². The molecule has 0 saturated carbocycles. The number of hydrogen-bond donors (Lipinski definition) is 1. The largest absolute Gasteiger partial charge is 0.378 e. The predicted molar refractivity (Wildman–Crippen MR) is 77.7 cm³/mol. The number of benzene rings is 1. The number of halogens is 1. The highest BCUT2D eigenvalue weighted by atomic mass is 79.9. The molecule has 18 heavy (non-hydrogen) atoms. The quantitative estimate of drug-likeness (QED) is 0.918. The van der Waals surface area contributed by atoms with Crippen molar-refractivity contribution in [3.8, 4) is 0 Å². The number of nitrogens with two attached hydrogens (primary N) is 1. The molecule has 1 aromatic heterocycles. The van der Waals surface area contributed by atoms with E-state index in [9.17, 15) is 0 Å². The maximum atomic E-state index is 5.72. The van der Waals surface area contributed by atoms with Crippen LogP contribution in [-0.2, 0) is 24.3 Å². The molecule has 0 aliphatic heterocycles. The molecule has 5 heteroatoms. The first-order valence-corrected chi connectivity index (χ1v) is 7.24. The van der Waals surface area contributed by atoms with Crippen LogP contribution < -0.4 is 5.73 Å². The first-order valence-electron chi connectivity index (χ1n) is 5.64. The van der Waals surface area contributed by atoms with Crippen molar-refractivity contribution in [2.75, 3.05) is 7.11 Å². The smallest absolute Gasteiger partial charge is 0.0976 e. The van der Waals surface area contributed by atoms with E-state index in [0.29, 0.717) is 13.2 Å². The summed E-state index contributed by atoms with van der Waals surface area (Å²) < 4.78 is 6.22. The zero-order valence-corrected chi connectivity index (χ0v) is 12.6. The summed E-state index contributed by atoms with van der Waals surface area (Å²) in [7, 11) is 1.67. The summed E-state index contributed by atoms with van der Waals surface area (Å²) in [4.78, 5) is 5.71. The predicted octanol–water partition coefficient (Wildman–Crippen LogP) is 3.10. The number of methoxy groups -OCH3 is 1. The standard InChI is InChI=1S/C13H15BrN2OS/c1-17-8-11-12(7-15)18-13(16-11)6-9-2-4-10(14)5-3-9/h2-5H,6-8,15H2,1H3. The van der Waals surface area contributed by atoms with Crippen LogP contribution in [0.2, 0.25) is 0 Å². The Kier molecular flexibility index (Phi) is 4.88. The van der Waals surface area contributed by atoms with E-state index < -0.39 is 0 Å². The van der Waals surface area contributed by atoms with Crippen LogP contribution >= 0.6 is 27.3 Å². The van der Waals surface area contributed by atoms with Gasteiger partial charge in [-0.15, -0.1) is 11.3 Å². The molecule has 2 N–H and O–H groups in total. The van der Waals surface area contributed by atoms with E-state index in [1.54, 1.807) is 18.4 Å². The van der Waals surface area contributed by atoms with E-state index in [1.807, 2.05) is 12.1 Å². The molecule has 2 aromatic rings. The zero-order chi connectivity index (χ0) is 13.0. The van der Waals surface area contributed by atoms with Gasteiger partial charge in [0.05, 0.1) is 17.3 Å². The molecule has 2 rings (SSSR count). The highest BCUT2D eigenvalue weighted by Crippen LogP contribution is 2.22. The monoisotopic (exact) mass is 326 g/mol. The summed E-state index contributed by atoms with van der Waals surface area (Å²) in [6, 6.07) is 8.29. The van der Waals surface area contributed by atoms with Crippen LogP contribution in [0.1, 0.15) is 21.1 Å². The lowest BCUT2D eigenvalue weighted by Crippen LogP contribution is -1.99. The lowest BCUT2D eigenvalue weighted by molar-refractivity contribution is 0.181. The Labute approximate surface area is 119 Å². The van der Waals surface area contributed by atoms with Crippen LogP contribution in [0.5, 0.6) is 0 Å². The number of thiazole rings is 1. The third kappa shape index (κ3) is 3.38. The summed E-state index contributed by atoms with van der Waals surface area (Å²) in [6.07, 6.45) is 0.842. The third-order valence-electron chi connectivity index (χ3n) is 2.56. The molecular formula is C13H15BrN2OS. The molecule has 96 valence electrons. The van der Waals surface area contributed by atoms with Crippen molar-refractivity contribution in [2.45, 2.75) is 19.6 Å². The summed E-state index contributed by atoms with van der Waals surface area (Å²) in [6.45, 7) is 1.06. The normalized spacial score (nSPS) is 10.8. The molecule has 0 aliphatic rings. The Morgan fingerprint density at radius 1 is 1.33 bits per heavy atom. The Morgan fingerprint density at radius 2 is 2.06 bits per heavy atom. The molecule has 3 nitrogen and oxygen atoms in total. The average Bonchev–Trinajstić information content (AvgIpc) is 2.75. The fourth-order valence-corrected chi connectivity index (χ4v) is 2.95. The van der Waals surface area contributed by atoms with Crippen molar-refractivity contribution in [3.63, 3.8) is 0 Å². The van der Waals surface area contributed by atoms with Crippen molar-refractivity contribution < 1.29 is 4.74 Å². The van der Waals surface area contributed by atoms with Crippen molar-refractivity contribution in [1.82, 2.24) is 4.98 Å². The van der Waals surface area contributed by atoms with E-state index in [2.05, 4.69) is 33.0 Å². The van der Waals surface area contributed by atoms with Gasteiger partial charge in [-0.05, 0) is 17.7 Å². The number of rotatable bonds is 5. The van der Waals surface area contributed by atoms with Gasteiger partial charge in [0.2, 0.25) is 0 Å². The molecular weight excluding hydrogens is 312 g/mol. The van der Waals surface area contributed by atoms with Gasteiger partial charge in [-0.2, -0.15) is 0 Å². The number of hydrogen-bond acceptors (Lipinski definition) is 4. The fraction of sp³-hybridized carbons (Fsp3) is 0.308. The van der Waals surface area contributed by atoms with Crippen LogP contribution in [-0.4, -0.2) is 12.1 Å². The summed E-state index contributed by atoms with van der Waals surface area (Å²) in [5.74, 6) is 0. The minimum atomic E-state index is 0.525. The van der Waals surface area contributed by atoms with Gasteiger partial charge in [-0.3, -0.25) is 0 Å². The maximum Gasteiger partial charge on any atom is 0.0976 e. The highest BCUT2D eigenvalue weighted by molar-refractivity contribution is 9.10. The van der Waals surface area contributed by atoms with E-state index in [1.165, 1.54) is 5.56 Å². The molecule has 1 aromatic carbocycles. The SMILES string of the molecule is COCc1nc(Cc2ccc(Br)cc2)sc1CN. The molecule has 0 aliphatic carbocycles. The molecule has 0 bridgehead atoms. The van der Waals surface area contributed by atoms with Gasteiger partial charge in [-0.25, -0.2) is 4.98 Å². The molecule has 1 heterocycles. The van der Waals surface area contributed by atoms with Gasteiger partial charge >= 0.3 is 0 Å². The first-order chi connectivity index (χ1) is 8.72. The summed E-state index contributed by atoms with van der Waals surface area (Å²) in [5, 5.41) is 1.09. The lowest BCUT2D eigenvalue weighted by Gasteiger charge is -1.98. The average molecular weight is 327 g/mol. The van der Waals surface area contributed by atoms with Crippen LogP contribution in [0.15, 0.2) is 28.7 Å². The Balaban J connectivity index is 2.16. The van der Waals surface area contributed by atoms with E-state index in [-0.39, 0.29) is 0 Å². The Morgan fingerprint density at radius 3 is 2.67 bits per heavy atom. The van der Waals surface area contributed by atoms with Gasteiger partial charge in [0.1, 0.15) is 0 Å². The molecule has 0 saturated heterocycles. The number of ether oxygens (including phenoxy) is 1. The second-order valence-corrected chi connectivity index (χ2v) is 6.00. The van der Waals surface area contributed by atoms with E-state index in [4.69, 9.17) is 10.5 Å². The van der Waals surface area contributed by atoms with Crippen LogP contribution in [0.4, 0.5) is 0 Å². The Hall–Kier alpha value is -0.750. The number of nitrogens with zero attached hydrogens (tertiary/aromatic N) is 1. The molecule has 0 atom stereocenters. The van der Waals surface area contributed by atoms with Crippen LogP contribution in [0, 0.1) is 0 Å². The first kappa shape index (κ1) is 13.7. The minimum Gasteiger partial charge on any atom is -0.378 e. The molecule has 0 spiro atoms. The van der Waals surface area contributed by atoms with E-state index >= 15 is 0 Å². The topological polar surface area (TPSA) is 48.1 Å². The molecule has 0 fully saturated rings. The fourth-order valence-electron chi connectivity index (χ4n) is 1.70. The van der Waals surface area contributed by atoms with Crippen molar-refractivity contribution in [1.29, 1.82) is 0 Å². The van der Waals surface area contributed by atoms with E-state index in [0.717, 1.165) is 26.5 Å². The lowest BCUT2D eigenvalue weighted by atomic mass is 10.2. The minimum absolute atomic E-state index is 0.525. The second-order valence-electron chi connectivity index (χ2n) is 3.92. The Bertz CT molecular complexity index is 510. The second kappa shape index (κ2) is 6.43. The van der Waals surface area contributed by atoms with Crippen molar-refractivity contribution in [2.24, 2.45) is 5.73 Å². The third-order valence-corrected chi connectivity index (χ3v) is 4.21. The maximum absolute atomic E-state index is 5.72. The van der Waals surface area contributed by atoms with Gasteiger partial charge in [0, 0.05) is 29.4 Å². The van der Waals surface area contributed by atoms with Gasteiger partial charge in [0.15, 0.2) is 0 Å². The molecule has 0 unspecified atom stereocenters. The van der Waals surface area contributed by atoms with Crippen LogP contribution in [0.25, 0.3) is 0 Å². The van der Waals surface area contributed by atoms with Gasteiger partial charge in [0.25, 0.3) is 0 Å². The van der Waals surface area contributed by atoms with Crippen molar-refractivity contribution in [3.05, 3.63) is 49.9 Å². The molecule has 0 radical (unpaired) electrons. The number of aromatic nitrogens is 1. The molecule has 0 amide bonds. The summed E-state index contributed by atoms with van der Waals surface area (Å²) in [5.41, 5.74) is 7.94. The highest BCUT2D eigenvalue weighted by Gasteiger charge is 2.10. The van der Waals surface area contributed by atoms with Gasteiger partial charge < -0.3 is 10.5 Å². The van der Waals surface area contributed by atoms with Crippen LogP contribution in [0.3, 0.4) is 0 Å². The zero-order valence-electron chi connectivity index (χ0n) is 10.1. The summed E-state index contributed by atoms with van der Waals surface area (Å²) >= 11 is 5.10.